The minimum atomic E-state index is -2.61. The number of rotatable bonds is 12. The van der Waals surface area contributed by atoms with Gasteiger partial charge in [-0.1, -0.05) is 99.7 Å². The van der Waals surface area contributed by atoms with E-state index in [1.807, 2.05) is 64.2 Å². The summed E-state index contributed by atoms with van der Waals surface area (Å²) in [5.41, 5.74) is 1.34. The zero-order chi connectivity index (χ0) is 30.0. The molecule has 0 radical (unpaired) electrons. The topological polar surface area (TPSA) is 99.1 Å². The first-order valence-corrected chi connectivity index (χ1v) is 16.4. The number of ketones is 1. The Morgan fingerprint density at radius 3 is 1.80 bits per heavy atom. The van der Waals surface area contributed by atoms with E-state index in [0.29, 0.717) is 0 Å². The highest BCUT2D eigenvalue weighted by Crippen LogP contribution is 2.38. The summed E-state index contributed by atoms with van der Waals surface area (Å²) in [6, 6.07) is 25.8. The Morgan fingerprint density at radius 2 is 1.29 bits per heavy atom. The van der Waals surface area contributed by atoms with E-state index in [0.717, 1.165) is 5.56 Å². The third-order valence-corrected chi connectivity index (χ3v) is 11.5. The summed E-state index contributed by atoms with van der Waals surface area (Å²) in [7, 11) is -2.61. The van der Waals surface area contributed by atoms with Gasteiger partial charge in [-0.3, -0.25) is 4.79 Å². The molecule has 3 atom stereocenters. The number of hydrogen-bond acceptors (Lipinski definition) is 7. The second-order valence-electron chi connectivity index (χ2n) is 11.2. The van der Waals surface area contributed by atoms with Crippen LogP contribution in [0.5, 0.6) is 0 Å². The summed E-state index contributed by atoms with van der Waals surface area (Å²) >= 11 is 0. The van der Waals surface area contributed by atoms with E-state index in [1.54, 1.807) is 66.7 Å². The molecule has 0 spiro atoms. The SMILES string of the molecule is CC(C)(C)[Si](C)(C)O[C@@H](C(=O)[C@H](COC(=O)c1ccccc1)OC(=O)c1ccccc1)[C@H](O)/C=C/c1ccccc1. The molecule has 216 valence electrons. The van der Waals surface area contributed by atoms with E-state index >= 15 is 0 Å². The molecule has 0 saturated carbocycles. The average molecular weight is 575 g/mol. The monoisotopic (exact) mass is 574 g/mol. The molecule has 3 aromatic carbocycles. The smallest absolute Gasteiger partial charge is 0.338 e. The standard InChI is InChI=1S/C33H38O7Si/c1-33(2,3)41(4,5)40-30(27(34)22-21-24-15-9-6-10-16-24)29(35)28(39-32(37)26-19-13-8-14-20-26)23-38-31(36)25-17-11-7-12-18-25/h6-22,27-28,30,34H,23H2,1-5H3/b22-21+/t27-,28+,30-/m1/s1. The van der Waals surface area contributed by atoms with Gasteiger partial charge in [0.25, 0.3) is 0 Å². The molecule has 8 heteroatoms. The lowest BCUT2D eigenvalue weighted by Crippen LogP contribution is -2.53. The van der Waals surface area contributed by atoms with Crippen LogP contribution in [-0.4, -0.2) is 56.1 Å². The van der Waals surface area contributed by atoms with Crippen LogP contribution in [0.2, 0.25) is 18.1 Å². The zero-order valence-corrected chi connectivity index (χ0v) is 25.2. The van der Waals surface area contributed by atoms with Gasteiger partial charge in [0.15, 0.2) is 14.4 Å². The number of carbonyl (C=O) groups is 3. The molecule has 0 amide bonds. The molecule has 0 saturated heterocycles. The van der Waals surface area contributed by atoms with E-state index in [-0.39, 0.29) is 16.2 Å². The third-order valence-electron chi connectivity index (χ3n) is 7.06. The highest BCUT2D eigenvalue weighted by atomic mass is 28.4. The van der Waals surface area contributed by atoms with E-state index in [4.69, 9.17) is 13.9 Å². The lowest BCUT2D eigenvalue weighted by Gasteiger charge is -2.40. The fourth-order valence-electron chi connectivity index (χ4n) is 3.60. The van der Waals surface area contributed by atoms with Crippen molar-refractivity contribution >= 4 is 32.1 Å². The van der Waals surface area contributed by atoms with Crippen LogP contribution in [0.1, 0.15) is 47.1 Å². The molecule has 0 unspecified atom stereocenters. The van der Waals surface area contributed by atoms with Gasteiger partial charge < -0.3 is 19.0 Å². The number of ether oxygens (including phenoxy) is 2. The van der Waals surface area contributed by atoms with Crippen molar-refractivity contribution < 1.29 is 33.4 Å². The number of hydrogen-bond donors (Lipinski definition) is 1. The third kappa shape index (κ3) is 9.08. The van der Waals surface area contributed by atoms with Gasteiger partial charge in [0.2, 0.25) is 5.78 Å². The maximum atomic E-state index is 14.1. The fourth-order valence-corrected chi connectivity index (χ4v) is 4.85. The summed E-state index contributed by atoms with van der Waals surface area (Å²) in [5.74, 6) is -2.14. The number of aliphatic hydroxyl groups is 1. The predicted molar refractivity (Wildman–Crippen MR) is 161 cm³/mol. The van der Waals surface area contributed by atoms with Gasteiger partial charge in [-0.25, -0.2) is 9.59 Å². The van der Waals surface area contributed by atoms with Crippen molar-refractivity contribution in [3.63, 3.8) is 0 Å². The fraction of sp³-hybridized carbons (Fsp3) is 0.303. The molecule has 0 aromatic heterocycles. The van der Waals surface area contributed by atoms with Gasteiger partial charge in [0, 0.05) is 0 Å². The minimum Gasteiger partial charge on any atom is -0.458 e. The van der Waals surface area contributed by atoms with Crippen molar-refractivity contribution in [1.82, 2.24) is 0 Å². The quantitative estimate of drug-likeness (QED) is 0.206. The first-order valence-electron chi connectivity index (χ1n) is 13.5. The molecule has 3 aromatic rings. The Morgan fingerprint density at radius 1 is 0.805 bits per heavy atom. The summed E-state index contributed by atoms with van der Waals surface area (Å²) in [4.78, 5) is 39.7. The highest BCUT2D eigenvalue weighted by molar-refractivity contribution is 6.74. The molecule has 0 bridgehead atoms. The summed E-state index contributed by atoms with van der Waals surface area (Å²) in [6.45, 7) is 9.42. The van der Waals surface area contributed by atoms with Crippen LogP contribution < -0.4 is 0 Å². The largest absolute Gasteiger partial charge is 0.458 e. The lowest BCUT2D eigenvalue weighted by molar-refractivity contribution is -0.141. The second kappa shape index (κ2) is 14.2. The highest BCUT2D eigenvalue weighted by Gasteiger charge is 2.44. The van der Waals surface area contributed by atoms with Gasteiger partial charge in [-0.05, 0) is 48.0 Å². The van der Waals surface area contributed by atoms with Crippen molar-refractivity contribution in [1.29, 1.82) is 0 Å². The molecule has 0 aliphatic rings. The second-order valence-corrected chi connectivity index (χ2v) is 15.9. The van der Waals surface area contributed by atoms with Crippen molar-refractivity contribution in [2.75, 3.05) is 6.61 Å². The van der Waals surface area contributed by atoms with Crippen LogP contribution in [0, 0.1) is 0 Å². The maximum Gasteiger partial charge on any atom is 0.338 e. The van der Waals surface area contributed by atoms with Crippen LogP contribution in [-0.2, 0) is 18.7 Å². The summed E-state index contributed by atoms with van der Waals surface area (Å²) in [5, 5.41) is 11.0. The molecule has 3 rings (SSSR count). The Balaban J connectivity index is 1.93. The van der Waals surface area contributed by atoms with E-state index in [9.17, 15) is 19.5 Å². The van der Waals surface area contributed by atoms with Gasteiger partial charge in [-0.2, -0.15) is 0 Å². The predicted octanol–water partition coefficient (Wildman–Crippen LogP) is 6.10. The molecule has 0 aliphatic heterocycles. The Labute approximate surface area is 242 Å². The van der Waals surface area contributed by atoms with Crippen LogP contribution in [0.4, 0.5) is 0 Å². The van der Waals surface area contributed by atoms with Gasteiger partial charge in [0.05, 0.1) is 11.1 Å². The molecule has 0 fully saturated rings. The van der Waals surface area contributed by atoms with Crippen LogP contribution >= 0.6 is 0 Å². The van der Waals surface area contributed by atoms with E-state index in [1.165, 1.54) is 6.08 Å². The molecular formula is C33H38O7Si. The van der Waals surface area contributed by atoms with Crippen molar-refractivity contribution in [3.05, 3.63) is 114 Å². The van der Waals surface area contributed by atoms with Gasteiger partial charge >= 0.3 is 11.9 Å². The normalized spacial score (nSPS) is 14.2. The number of esters is 2. The van der Waals surface area contributed by atoms with Crippen LogP contribution in [0.25, 0.3) is 6.08 Å². The molecule has 7 nitrogen and oxygen atoms in total. The van der Waals surface area contributed by atoms with Gasteiger partial charge in [-0.15, -0.1) is 0 Å². The maximum absolute atomic E-state index is 14.1. The lowest BCUT2D eigenvalue weighted by atomic mass is 10.0. The molecular weight excluding hydrogens is 536 g/mol. The first kappa shape index (κ1) is 31.7. The van der Waals surface area contributed by atoms with Crippen LogP contribution in [0.3, 0.4) is 0 Å². The molecule has 1 N–H and O–H groups in total. The first-order chi connectivity index (χ1) is 19.4. The number of aliphatic hydroxyl groups excluding tert-OH is 1. The Kier molecular flexibility index (Phi) is 10.9. The van der Waals surface area contributed by atoms with Gasteiger partial charge in [0.1, 0.15) is 18.8 Å². The molecule has 0 heterocycles. The van der Waals surface area contributed by atoms with Crippen molar-refractivity contribution in [2.24, 2.45) is 0 Å². The van der Waals surface area contributed by atoms with Crippen molar-refractivity contribution in [3.8, 4) is 0 Å². The van der Waals surface area contributed by atoms with E-state index < -0.39 is 51.0 Å². The molecule has 41 heavy (non-hydrogen) atoms. The Hall–Kier alpha value is -3.85. The Bertz CT molecular complexity index is 1320. The van der Waals surface area contributed by atoms with E-state index in [2.05, 4.69) is 0 Å². The zero-order valence-electron chi connectivity index (χ0n) is 24.2. The average Bonchev–Trinajstić information content (AvgIpc) is 2.97. The summed E-state index contributed by atoms with van der Waals surface area (Å²) < 4.78 is 17.5. The summed E-state index contributed by atoms with van der Waals surface area (Å²) in [6.07, 6.45) is -1.08. The van der Waals surface area contributed by atoms with Crippen molar-refractivity contribution in [2.45, 2.75) is 57.2 Å². The number of benzene rings is 3. The number of carbonyl (C=O) groups excluding carboxylic acids is 3. The molecule has 0 aliphatic carbocycles. The van der Waals surface area contributed by atoms with Crippen LogP contribution in [0.15, 0.2) is 97.1 Å². The minimum absolute atomic E-state index is 0.228. The number of Topliss-reactive ketones (excluding diaryl/α,β-unsaturated/α-hetero) is 1.